The number of para-hydroxylation sites is 1. The number of aromatic nitrogens is 6. The van der Waals surface area contributed by atoms with Gasteiger partial charge < -0.3 is 5.32 Å². The minimum absolute atomic E-state index is 0.614. The minimum Gasteiger partial charge on any atom is -0.308 e. The van der Waals surface area contributed by atoms with E-state index in [9.17, 15) is 0 Å². The topological polar surface area (TPSA) is 73.5 Å². The number of benzene rings is 1. The highest BCUT2D eigenvalue weighted by atomic mass is 15.5. The van der Waals surface area contributed by atoms with E-state index in [-0.39, 0.29) is 0 Å². The molecule has 1 aromatic carbocycles. The van der Waals surface area contributed by atoms with E-state index in [1.165, 1.54) is 0 Å². The average molecular weight is 269 g/mol. The first-order chi connectivity index (χ1) is 9.93. The molecule has 0 radical (unpaired) electrons. The molecule has 0 saturated carbocycles. The number of rotatable bonds is 6. The van der Waals surface area contributed by atoms with Crippen molar-refractivity contribution in [2.45, 2.75) is 13.1 Å². The van der Waals surface area contributed by atoms with E-state index in [1.807, 2.05) is 47.3 Å². The summed E-state index contributed by atoms with van der Waals surface area (Å²) in [6, 6.07) is 11.8. The maximum absolute atomic E-state index is 4.15. The number of nitrogens with zero attached hydrogens (tertiary/aromatic N) is 6. The molecule has 102 valence electrons. The Kier molecular flexibility index (Phi) is 3.79. The van der Waals surface area contributed by atoms with Crippen LogP contribution in [0.3, 0.4) is 0 Å². The molecule has 0 unspecified atom stereocenters. The van der Waals surface area contributed by atoms with Crippen LogP contribution in [0.15, 0.2) is 48.8 Å². The average Bonchev–Trinajstić information content (AvgIpc) is 3.16. The fraction of sp³-hybridized carbons (Fsp3) is 0.231. The molecule has 0 aliphatic rings. The third kappa shape index (κ3) is 2.89. The number of tetrazole rings is 1. The maximum atomic E-state index is 4.15. The van der Waals surface area contributed by atoms with Gasteiger partial charge in [-0.25, -0.2) is 0 Å². The van der Waals surface area contributed by atoms with Crippen LogP contribution in [-0.2, 0) is 13.1 Å². The zero-order chi connectivity index (χ0) is 13.6. The third-order valence-corrected chi connectivity index (χ3v) is 2.89. The van der Waals surface area contributed by atoms with E-state index < -0.39 is 0 Å². The Morgan fingerprint density at radius 1 is 1.10 bits per heavy atom. The van der Waals surface area contributed by atoms with Gasteiger partial charge in [-0.05, 0) is 28.6 Å². The summed E-state index contributed by atoms with van der Waals surface area (Å²) in [7, 11) is 0. The van der Waals surface area contributed by atoms with E-state index in [0.29, 0.717) is 6.54 Å². The van der Waals surface area contributed by atoms with Gasteiger partial charge in [0.15, 0.2) is 5.82 Å². The van der Waals surface area contributed by atoms with Crippen molar-refractivity contribution in [3.8, 4) is 5.69 Å². The second-order valence-electron chi connectivity index (χ2n) is 4.29. The molecule has 3 aromatic rings. The lowest BCUT2D eigenvalue weighted by Gasteiger charge is -2.06. The van der Waals surface area contributed by atoms with Gasteiger partial charge in [-0.15, -0.1) is 5.10 Å². The van der Waals surface area contributed by atoms with E-state index in [0.717, 1.165) is 24.6 Å². The lowest BCUT2D eigenvalue weighted by atomic mass is 10.3. The smallest absolute Gasteiger partial charge is 0.170 e. The molecule has 3 rings (SSSR count). The van der Waals surface area contributed by atoms with Gasteiger partial charge in [0.1, 0.15) is 0 Å². The van der Waals surface area contributed by atoms with E-state index >= 15 is 0 Å². The van der Waals surface area contributed by atoms with Gasteiger partial charge in [0.25, 0.3) is 0 Å². The largest absolute Gasteiger partial charge is 0.308 e. The molecule has 2 heterocycles. The zero-order valence-corrected chi connectivity index (χ0v) is 10.9. The predicted octanol–water partition coefficient (Wildman–Crippen LogP) is 0.649. The molecule has 0 atom stereocenters. The first-order valence-electron chi connectivity index (χ1n) is 6.44. The van der Waals surface area contributed by atoms with Gasteiger partial charge in [-0.2, -0.15) is 9.78 Å². The van der Waals surface area contributed by atoms with Crippen molar-refractivity contribution in [3.63, 3.8) is 0 Å². The lowest BCUT2D eigenvalue weighted by molar-refractivity contribution is 0.543. The highest BCUT2D eigenvalue weighted by Gasteiger charge is 2.06. The minimum atomic E-state index is 0.614. The van der Waals surface area contributed by atoms with Crippen LogP contribution < -0.4 is 5.32 Å². The summed E-state index contributed by atoms with van der Waals surface area (Å²) >= 11 is 0. The lowest BCUT2D eigenvalue weighted by Crippen LogP contribution is -2.21. The normalized spacial score (nSPS) is 10.8. The maximum Gasteiger partial charge on any atom is 0.170 e. The van der Waals surface area contributed by atoms with Crippen LogP contribution in [0.5, 0.6) is 0 Å². The number of hydrogen-bond donors (Lipinski definition) is 1. The Hall–Kier alpha value is -2.54. The Balaban J connectivity index is 1.57. The van der Waals surface area contributed by atoms with Gasteiger partial charge in [0.2, 0.25) is 0 Å². The van der Waals surface area contributed by atoms with Crippen LogP contribution in [0, 0.1) is 0 Å². The summed E-state index contributed by atoms with van der Waals surface area (Å²) in [6.07, 6.45) is 3.71. The Morgan fingerprint density at radius 3 is 2.80 bits per heavy atom. The first-order valence-corrected chi connectivity index (χ1v) is 6.44. The predicted molar refractivity (Wildman–Crippen MR) is 73.1 cm³/mol. The SMILES string of the molecule is c1ccc(-n2nnnc2CNCCn2cccn2)cc1. The van der Waals surface area contributed by atoms with Crippen LogP contribution in [0.2, 0.25) is 0 Å². The molecule has 0 spiro atoms. The van der Waals surface area contributed by atoms with E-state index in [1.54, 1.807) is 10.9 Å². The quantitative estimate of drug-likeness (QED) is 0.665. The molecule has 0 amide bonds. The fourth-order valence-corrected chi connectivity index (χ4v) is 1.91. The molecule has 2 aromatic heterocycles. The molecule has 1 N–H and O–H groups in total. The Morgan fingerprint density at radius 2 is 2.00 bits per heavy atom. The number of hydrogen-bond acceptors (Lipinski definition) is 5. The highest BCUT2D eigenvalue weighted by Crippen LogP contribution is 2.06. The molecule has 7 heteroatoms. The van der Waals surface area contributed by atoms with Gasteiger partial charge in [0, 0.05) is 18.9 Å². The van der Waals surface area contributed by atoms with Gasteiger partial charge in [-0.3, -0.25) is 4.68 Å². The Labute approximate surface area is 116 Å². The molecule has 0 aliphatic carbocycles. The second kappa shape index (κ2) is 6.07. The van der Waals surface area contributed by atoms with E-state index in [2.05, 4.69) is 25.9 Å². The van der Waals surface area contributed by atoms with Crippen LogP contribution in [0.4, 0.5) is 0 Å². The summed E-state index contributed by atoms with van der Waals surface area (Å²) < 4.78 is 3.62. The van der Waals surface area contributed by atoms with Crippen LogP contribution in [-0.4, -0.2) is 36.5 Å². The molecule has 0 fully saturated rings. The molecule has 0 aliphatic heterocycles. The van der Waals surface area contributed by atoms with Crippen molar-refractivity contribution < 1.29 is 0 Å². The second-order valence-corrected chi connectivity index (χ2v) is 4.29. The van der Waals surface area contributed by atoms with Crippen molar-refractivity contribution in [2.75, 3.05) is 6.54 Å². The molecule has 0 saturated heterocycles. The van der Waals surface area contributed by atoms with Crippen molar-refractivity contribution in [3.05, 3.63) is 54.6 Å². The molecular weight excluding hydrogens is 254 g/mol. The van der Waals surface area contributed by atoms with Crippen LogP contribution in [0.1, 0.15) is 5.82 Å². The third-order valence-electron chi connectivity index (χ3n) is 2.89. The van der Waals surface area contributed by atoms with Gasteiger partial charge >= 0.3 is 0 Å². The zero-order valence-electron chi connectivity index (χ0n) is 10.9. The summed E-state index contributed by atoms with van der Waals surface area (Å²) in [5.41, 5.74) is 0.960. The van der Waals surface area contributed by atoms with Crippen molar-refractivity contribution in [1.82, 2.24) is 35.3 Å². The Bertz CT molecular complexity index is 630. The molecule has 7 nitrogen and oxygen atoms in total. The molecule has 0 bridgehead atoms. The fourth-order valence-electron chi connectivity index (χ4n) is 1.91. The standard InChI is InChI=1S/C13H15N7/c1-2-5-12(6-3-1)20-13(16-17-18-20)11-14-8-10-19-9-4-7-15-19/h1-7,9,14H,8,10-11H2. The summed E-state index contributed by atoms with van der Waals surface area (Å²) in [5, 5.41) is 19.2. The van der Waals surface area contributed by atoms with E-state index in [4.69, 9.17) is 0 Å². The summed E-state index contributed by atoms with van der Waals surface area (Å²) in [5.74, 6) is 0.789. The van der Waals surface area contributed by atoms with Gasteiger partial charge in [0.05, 0.1) is 18.8 Å². The van der Waals surface area contributed by atoms with Crippen LogP contribution in [0.25, 0.3) is 5.69 Å². The molecule has 20 heavy (non-hydrogen) atoms. The highest BCUT2D eigenvalue weighted by molar-refractivity contribution is 5.30. The number of nitrogens with one attached hydrogen (secondary N) is 1. The monoisotopic (exact) mass is 269 g/mol. The van der Waals surface area contributed by atoms with Crippen molar-refractivity contribution in [2.24, 2.45) is 0 Å². The summed E-state index contributed by atoms with van der Waals surface area (Å²) in [4.78, 5) is 0. The first kappa shape index (κ1) is 12.5. The van der Waals surface area contributed by atoms with Crippen molar-refractivity contribution >= 4 is 0 Å². The summed E-state index contributed by atoms with van der Waals surface area (Å²) in [6.45, 7) is 2.24. The van der Waals surface area contributed by atoms with Gasteiger partial charge in [-0.1, -0.05) is 18.2 Å². The van der Waals surface area contributed by atoms with Crippen LogP contribution >= 0.6 is 0 Å². The van der Waals surface area contributed by atoms with Crippen molar-refractivity contribution in [1.29, 1.82) is 0 Å². The molecular formula is C13H15N7.